The number of nitrogens with one attached hydrogen (secondary N) is 2. The molecule has 3 atom stereocenters. The van der Waals surface area contributed by atoms with Gasteiger partial charge in [-0.15, -0.1) is 0 Å². The molecule has 2 fully saturated rings. The average Bonchev–Trinajstić information content (AvgIpc) is 3.06. The van der Waals surface area contributed by atoms with Gasteiger partial charge in [-0.3, -0.25) is 5.43 Å². The van der Waals surface area contributed by atoms with Crippen molar-refractivity contribution in [2.75, 3.05) is 0 Å². The molecular formula is C15H17Cl2N3OS. The molecule has 0 aromatic heterocycles. The second-order valence-electron chi connectivity index (χ2n) is 5.95. The molecule has 2 aliphatic rings. The summed E-state index contributed by atoms with van der Waals surface area (Å²) in [4.78, 5) is 0. The maximum absolute atomic E-state index is 9.83. The van der Waals surface area contributed by atoms with Gasteiger partial charge in [0.15, 0.2) is 5.11 Å². The standard InChI is InChI=1S/C15H17Cl2N3OS/c16-11-5-10(14(21)12(17)6-11)7-18-20-15(22)19-13-4-8-1-2-9(13)3-8/h5-9,13,21H,1-4H2,(H2,19,20,22)/b18-7+/t8-,9+,13-/m0/s1. The van der Waals surface area contributed by atoms with Crippen LogP contribution in [0, 0.1) is 11.8 Å². The van der Waals surface area contributed by atoms with Gasteiger partial charge in [0, 0.05) is 16.6 Å². The lowest BCUT2D eigenvalue weighted by Crippen LogP contribution is -2.42. The van der Waals surface area contributed by atoms with E-state index in [0.717, 1.165) is 11.8 Å². The molecule has 118 valence electrons. The molecule has 2 bridgehead atoms. The number of phenolic OH excluding ortho intramolecular Hbond substituents is 1. The maximum atomic E-state index is 9.83. The highest BCUT2D eigenvalue weighted by Crippen LogP contribution is 2.44. The van der Waals surface area contributed by atoms with Crippen molar-refractivity contribution in [1.29, 1.82) is 0 Å². The van der Waals surface area contributed by atoms with Crippen LogP contribution in [0.25, 0.3) is 0 Å². The molecule has 0 spiro atoms. The van der Waals surface area contributed by atoms with Crippen molar-refractivity contribution in [2.45, 2.75) is 31.7 Å². The van der Waals surface area contributed by atoms with E-state index in [-0.39, 0.29) is 10.8 Å². The Morgan fingerprint density at radius 3 is 2.82 bits per heavy atom. The van der Waals surface area contributed by atoms with Crippen molar-refractivity contribution in [3.05, 3.63) is 27.7 Å². The van der Waals surface area contributed by atoms with Gasteiger partial charge in [0.05, 0.1) is 11.2 Å². The molecule has 1 aromatic carbocycles. The number of fused-ring (bicyclic) bond motifs is 2. The number of hydrazone groups is 1. The summed E-state index contributed by atoms with van der Waals surface area (Å²) in [5, 5.41) is 18.3. The van der Waals surface area contributed by atoms with E-state index in [1.165, 1.54) is 38.0 Å². The lowest BCUT2D eigenvalue weighted by atomic mass is 9.96. The molecule has 0 amide bonds. The summed E-state index contributed by atoms with van der Waals surface area (Å²) >= 11 is 17.0. The van der Waals surface area contributed by atoms with Gasteiger partial charge in [0.2, 0.25) is 0 Å². The van der Waals surface area contributed by atoms with Crippen molar-refractivity contribution in [2.24, 2.45) is 16.9 Å². The zero-order chi connectivity index (χ0) is 15.7. The fraction of sp³-hybridized carbons (Fsp3) is 0.467. The molecule has 0 unspecified atom stereocenters. The van der Waals surface area contributed by atoms with Crippen molar-refractivity contribution in [3.8, 4) is 5.75 Å². The quantitative estimate of drug-likeness (QED) is 0.438. The first-order valence-electron chi connectivity index (χ1n) is 7.30. The van der Waals surface area contributed by atoms with Gasteiger partial charge in [-0.25, -0.2) is 0 Å². The van der Waals surface area contributed by atoms with E-state index >= 15 is 0 Å². The van der Waals surface area contributed by atoms with Gasteiger partial charge < -0.3 is 10.4 Å². The highest BCUT2D eigenvalue weighted by molar-refractivity contribution is 7.80. The van der Waals surface area contributed by atoms with Crippen LogP contribution >= 0.6 is 35.4 Å². The largest absolute Gasteiger partial charge is 0.506 e. The van der Waals surface area contributed by atoms with E-state index in [2.05, 4.69) is 15.8 Å². The first-order valence-corrected chi connectivity index (χ1v) is 8.47. The average molecular weight is 358 g/mol. The summed E-state index contributed by atoms with van der Waals surface area (Å²) in [6.07, 6.45) is 6.61. The highest BCUT2D eigenvalue weighted by Gasteiger charge is 2.39. The maximum Gasteiger partial charge on any atom is 0.187 e. The summed E-state index contributed by atoms with van der Waals surface area (Å²) in [6, 6.07) is 3.52. The Morgan fingerprint density at radius 2 is 2.14 bits per heavy atom. The number of hydrogen-bond acceptors (Lipinski definition) is 3. The molecule has 3 rings (SSSR count). The lowest BCUT2D eigenvalue weighted by Gasteiger charge is -2.23. The van der Waals surface area contributed by atoms with Crippen LogP contribution in [0.1, 0.15) is 31.2 Å². The van der Waals surface area contributed by atoms with Crippen LogP contribution in [0.2, 0.25) is 10.0 Å². The number of thiocarbonyl (C=S) groups is 1. The number of benzene rings is 1. The SMILES string of the molecule is Oc1c(Cl)cc(Cl)cc1/C=N/NC(=S)N[C@H]1C[C@H]2CC[C@@H]1C2. The van der Waals surface area contributed by atoms with Gasteiger partial charge in [-0.2, -0.15) is 5.10 Å². The van der Waals surface area contributed by atoms with Crippen LogP contribution in [0.3, 0.4) is 0 Å². The Morgan fingerprint density at radius 1 is 1.32 bits per heavy atom. The van der Waals surface area contributed by atoms with Crippen LogP contribution in [0.15, 0.2) is 17.2 Å². The predicted octanol–water partition coefficient (Wildman–Crippen LogP) is 3.69. The Hall–Kier alpha value is -1.04. The predicted molar refractivity (Wildman–Crippen MR) is 93.8 cm³/mol. The minimum absolute atomic E-state index is 0.0522. The highest BCUT2D eigenvalue weighted by atomic mass is 35.5. The van der Waals surface area contributed by atoms with E-state index < -0.39 is 0 Å². The van der Waals surface area contributed by atoms with E-state index in [9.17, 15) is 5.11 Å². The molecule has 0 saturated heterocycles. The number of aromatic hydroxyl groups is 1. The Kier molecular flexibility index (Phi) is 4.76. The van der Waals surface area contributed by atoms with Crippen LogP contribution in [-0.4, -0.2) is 22.5 Å². The van der Waals surface area contributed by atoms with Gasteiger partial charge in [0.25, 0.3) is 0 Å². The fourth-order valence-corrected chi connectivity index (χ4v) is 4.18. The summed E-state index contributed by atoms with van der Waals surface area (Å²) in [6.45, 7) is 0. The second kappa shape index (κ2) is 6.60. The molecule has 7 heteroatoms. The van der Waals surface area contributed by atoms with E-state index in [1.807, 2.05) is 0 Å². The molecule has 0 aliphatic heterocycles. The molecule has 2 aliphatic carbocycles. The Labute approximate surface area is 144 Å². The normalized spacial score (nSPS) is 26.5. The molecule has 1 aromatic rings. The molecule has 22 heavy (non-hydrogen) atoms. The van der Waals surface area contributed by atoms with E-state index in [0.29, 0.717) is 21.7 Å². The van der Waals surface area contributed by atoms with Gasteiger partial charge >= 0.3 is 0 Å². The summed E-state index contributed by atoms with van der Waals surface area (Å²) in [5.74, 6) is 1.55. The minimum atomic E-state index is -0.0522. The lowest BCUT2D eigenvalue weighted by molar-refractivity contribution is 0.389. The molecular weight excluding hydrogens is 341 g/mol. The molecule has 3 N–H and O–H groups in total. The van der Waals surface area contributed by atoms with Crippen LogP contribution in [0.4, 0.5) is 0 Å². The second-order valence-corrected chi connectivity index (χ2v) is 7.20. The third-order valence-electron chi connectivity index (χ3n) is 4.48. The van der Waals surface area contributed by atoms with Crippen molar-refractivity contribution >= 4 is 46.7 Å². The van der Waals surface area contributed by atoms with Crippen LogP contribution < -0.4 is 10.7 Å². The number of phenols is 1. The molecule has 0 heterocycles. The monoisotopic (exact) mass is 357 g/mol. The Balaban J connectivity index is 1.55. The van der Waals surface area contributed by atoms with Crippen molar-refractivity contribution in [1.82, 2.24) is 10.7 Å². The summed E-state index contributed by atoms with van der Waals surface area (Å²) in [7, 11) is 0. The first-order chi connectivity index (χ1) is 10.5. The van der Waals surface area contributed by atoms with Crippen molar-refractivity contribution in [3.63, 3.8) is 0 Å². The smallest absolute Gasteiger partial charge is 0.187 e. The fourth-order valence-electron chi connectivity index (χ4n) is 3.47. The van der Waals surface area contributed by atoms with E-state index in [1.54, 1.807) is 6.07 Å². The number of nitrogens with zero attached hydrogens (tertiary/aromatic N) is 1. The zero-order valence-electron chi connectivity index (χ0n) is 11.9. The van der Waals surface area contributed by atoms with Gasteiger partial charge in [-0.1, -0.05) is 29.6 Å². The van der Waals surface area contributed by atoms with Crippen LogP contribution in [-0.2, 0) is 0 Å². The third kappa shape index (κ3) is 3.47. The van der Waals surface area contributed by atoms with Crippen LogP contribution in [0.5, 0.6) is 5.75 Å². The minimum Gasteiger partial charge on any atom is -0.506 e. The number of rotatable bonds is 3. The number of halogens is 2. The topological polar surface area (TPSA) is 56.7 Å². The third-order valence-corrected chi connectivity index (χ3v) is 5.20. The first kappa shape index (κ1) is 15.8. The Bertz CT molecular complexity index is 623. The summed E-state index contributed by atoms with van der Waals surface area (Å²) < 4.78 is 0. The van der Waals surface area contributed by atoms with Crippen molar-refractivity contribution < 1.29 is 5.11 Å². The molecule has 0 radical (unpaired) electrons. The van der Waals surface area contributed by atoms with Gasteiger partial charge in [0.1, 0.15) is 5.75 Å². The van der Waals surface area contributed by atoms with Gasteiger partial charge in [-0.05, 0) is 55.4 Å². The van der Waals surface area contributed by atoms with E-state index in [4.69, 9.17) is 35.4 Å². The zero-order valence-corrected chi connectivity index (χ0v) is 14.2. The molecule has 2 saturated carbocycles. The summed E-state index contributed by atoms with van der Waals surface area (Å²) in [5.41, 5.74) is 3.21. The number of hydrogen-bond donors (Lipinski definition) is 3. The molecule has 4 nitrogen and oxygen atoms in total.